The van der Waals surface area contributed by atoms with Crippen LogP contribution in [0.4, 0.5) is 0 Å². The summed E-state index contributed by atoms with van der Waals surface area (Å²) in [4.78, 5) is 29.7. The van der Waals surface area contributed by atoms with Gasteiger partial charge in [-0.1, -0.05) is 54.6 Å². The average molecular weight is 424 g/mol. The van der Waals surface area contributed by atoms with Crippen LogP contribution in [0.5, 0.6) is 0 Å². The van der Waals surface area contributed by atoms with E-state index in [2.05, 4.69) is 16.8 Å². The molecule has 0 spiro atoms. The number of nitrogens with one attached hydrogen (secondary N) is 1. The molecule has 2 aromatic carbocycles. The van der Waals surface area contributed by atoms with Crippen molar-refractivity contribution in [3.8, 4) is 0 Å². The maximum atomic E-state index is 13.0. The molecule has 0 saturated carbocycles. The predicted octanol–water partition coefficient (Wildman–Crippen LogP) is 4.11. The number of amides is 2. The van der Waals surface area contributed by atoms with Crippen LogP contribution in [-0.2, 0) is 4.79 Å². The van der Waals surface area contributed by atoms with Gasteiger partial charge in [0.05, 0.1) is 6.04 Å². The highest BCUT2D eigenvalue weighted by Crippen LogP contribution is 2.33. The Bertz CT molecular complexity index is 949. The van der Waals surface area contributed by atoms with Crippen LogP contribution in [0.2, 0.25) is 5.02 Å². The Morgan fingerprint density at radius 2 is 1.73 bits per heavy atom. The third kappa shape index (κ3) is 3.75. The lowest BCUT2D eigenvalue weighted by Crippen LogP contribution is -2.47. The normalized spacial score (nSPS) is 18.4. The van der Waals surface area contributed by atoms with Gasteiger partial charge < -0.3 is 5.32 Å². The molecule has 2 aliphatic rings. The lowest BCUT2D eigenvalue weighted by molar-refractivity contribution is -0.124. The van der Waals surface area contributed by atoms with Gasteiger partial charge in [0.15, 0.2) is 0 Å². The van der Waals surface area contributed by atoms with Crippen LogP contribution >= 0.6 is 11.6 Å². The number of hydrogen-bond acceptors (Lipinski definition) is 3. The molecule has 2 amide bonds. The summed E-state index contributed by atoms with van der Waals surface area (Å²) in [6.45, 7) is 8.20. The molecule has 5 nitrogen and oxygen atoms in total. The van der Waals surface area contributed by atoms with Crippen molar-refractivity contribution in [1.82, 2.24) is 15.1 Å². The van der Waals surface area contributed by atoms with E-state index in [9.17, 15) is 9.59 Å². The van der Waals surface area contributed by atoms with Crippen molar-refractivity contribution in [3.05, 3.63) is 76.8 Å². The molecule has 0 bridgehead atoms. The van der Waals surface area contributed by atoms with Gasteiger partial charge in [0.25, 0.3) is 5.91 Å². The van der Waals surface area contributed by atoms with Gasteiger partial charge in [-0.3, -0.25) is 19.4 Å². The number of nitrogens with zero attached hydrogens (tertiary/aromatic N) is 2. The van der Waals surface area contributed by atoms with E-state index in [0.29, 0.717) is 22.8 Å². The number of benzene rings is 2. The highest BCUT2D eigenvalue weighted by Gasteiger charge is 2.37. The summed E-state index contributed by atoms with van der Waals surface area (Å²) in [6.07, 6.45) is 2.29. The Morgan fingerprint density at radius 1 is 1.10 bits per heavy atom. The van der Waals surface area contributed by atoms with Gasteiger partial charge >= 0.3 is 0 Å². The van der Waals surface area contributed by atoms with Crippen molar-refractivity contribution in [1.29, 1.82) is 0 Å². The molecule has 1 fully saturated rings. The van der Waals surface area contributed by atoms with E-state index >= 15 is 0 Å². The number of halogens is 1. The van der Waals surface area contributed by atoms with Gasteiger partial charge in [0.2, 0.25) is 5.91 Å². The number of carbonyl (C=O) groups excluding carboxylic acids is 2. The Labute approximate surface area is 182 Å². The second kappa shape index (κ2) is 8.62. The van der Waals surface area contributed by atoms with Crippen LogP contribution in [0.25, 0.3) is 5.70 Å². The fourth-order valence-electron chi connectivity index (χ4n) is 4.41. The minimum absolute atomic E-state index is 0.00651. The molecule has 2 atom stereocenters. The topological polar surface area (TPSA) is 52.7 Å². The van der Waals surface area contributed by atoms with Crippen LogP contribution in [0.3, 0.4) is 0 Å². The van der Waals surface area contributed by atoms with Crippen molar-refractivity contribution in [2.24, 2.45) is 0 Å². The van der Waals surface area contributed by atoms with Crippen LogP contribution < -0.4 is 5.32 Å². The first-order valence-electron chi connectivity index (χ1n) is 10.4. The van der Waals surface area contributed by atoms with E-state index < -0.39 is 6.04 Å². The fourth-order valence-corrected chi connectivity index (χ4v) is 4.67. The molecule has 2 heterocycles. The second-order valence-corrected chi connectivity index (χ2v) is 8.28. The second-order valence-electron chi connectivity index (χ2n) is 7.87. The molecular weight excluding hydrogens is 398 g/mol. The summed E-state index contributed by atoms with van der Waals surface area (Å²) in [6, 6.07) is 14.5. The Hall–Kier alpha value is -2.63. The summed E-state index contributed by atoms with van der Waals surface area (Å²) in [5.74, 6) is -0.381. The number of likely N-dealkylation sites (tertiary alicyclic amines) is 1. The molecule has 4 rings (SSSR count). The van der Waals surface area contributed by atoms with Crippen molar-refractivity contribution in [2.75, 3.05) is 19.6 Å². The lowest BCUT2D eigenvalue weighted by Gasteiger charge is -2.30. The van der Waals surface area contributed by atoms with Crippen molar-refractivity contribution in [3.63, 3.8) is 0 Å². The molecule has 2 aromatic rings. The molecule has 30 heavy (non-hydrogen) atoms. The van der Waals surface area contributed by atoms with Gasteiger partial charge in [-0.15, -0.1) is 0 Å². The Morgan fingerprint density at radius 3 is 2.40 bits per heavy atom. The molecule has 0 radical (unpaired) electrons. The van der Waals surface area contributed by atoms with Gasteiger partial charge in [-0.05, 0) is 50.6 Å². The lowest BCUT2D eigenvalue weighted by atomic mass is 10.1. The van der Waals surface area contributed by atoms with E-state index in [0.717, 1.165) is 37.1 Å². The van der Waals surface area contributed by atoms with Crippen molar-refractivity contribution >= 4 is 29.1 Å². The zero-order chi connectivity index (χ0) is 21.3. The Kier molecular flexibility index (Phi) is 5.93. The maximum Gasteiger partial charge on any atom is 0.259 e. The summed E-state index contributed by atoms with van der Waals surface area (Å²) >= 11 is 6.46. The van der Waals surface area contributed by atoms with Crippen LogP contribution in [0.1, 0.15) is 47.3 Å². The van der Waals surface area contributed by atoms with Gasteiger partial charge in [-0.2, -0.15) is 0 Å². The van der Waals surface area contributed by atoms with E-state index in [4.69, 9.17) is 11.6 Å². The van der Waals surface area contributed by atoms with Gasteiger partial charge in [0, 0.05) is 28.4 Å². The summed E-state index contributed by atoms with van der Waals surface area (Å²) < 4.78 is 0. The predicted molar refractivity (Wildman–Crippen MR) is 119 cm³/mol. The van der Waals surface area contributed by atoms with Gasteiger partial charge in [-0.25, -0.2) is 0 Å². The third-order valence-corrected chi connectivity index (χ3v) is 6.40. The summed E-state index contributed by atoms with van der Waals surface area (Å²) in [5, 5.41) is 3.76. The standard InChI is InChI=1S/C24H26ClN3O2/c1-16-18-9-3-4-10-19(18)24(30)28(16)17(2)23(29)26-15-22(27-13-7-8-14-27)20-11-5-6-12-21(20)25/h3-6,9-12,17,22H,1,7-8,13-15H2,2H3,(H,26,29)/t17-,22+/m0/s1. The molecule has 6 heteroatoms. The minimum Gasteiger partial charge on any atom is -0.352 e. The number of hydrogen-bond donors (Lipinski definition) is 1. The first-order chi connectivity index (χ1) is 14.5. The Balaban J connectivity index is 1.48. The third-order valence-electron chi connectivity index (χ3n) is 6.06. The smallest absolute Gasteiger partial charge is 0.259 e. The van der Waals surface area contributed by atoms with E-state index in [1.165, 1.54) is 4.90 Å². The minimum atomic E-state index is -0.650. The first-order valence-corrected chi connectivity index (χ1v) is 10.7. The molecule has 0 aliphatic carbocycles. The SMILES string of the molecule is C=C1c2ccccc2C(=O)N1[C@@H](C)C(=O)NC[C@H](c1ccccc1Cl)N1CCCC1. The molecule has 1 saturated heterocycles. The number of fused-ring (bicyclic) bond motifs is 1. The number of rotatable bonds is 6. The first kappa shape index (κ1) is 20.6. The van der Waals surface area contributed by atoms with E-state index in [1.807, 2.05) is 42.5 Å². The van der Waals surface area contributed by atoms with Crippen molar-refractivity contribution in [2.45, 2.75) is 31.8 Å². The van der Waals surface area contributed by atoms with Crippen LogP contribution in [-0.4, -0.2) is 47.3 Å². The fraction of sp³-hybridized carbons (Fsp3) is 0.333. The maximum absolute atomic E-state index is 13.0. The number of carbonyl (C=O) groups is 2. The molecule has 0 unspecified atom stereocenters. The van der Waals surface area contributed by atoms with E-state index in [-0.39, 0.29) is 17.9 Å². The summed E-state index contributed by atoms with van der Waals surface area (Å²) in [5.41, 5.74) is 2.96. The largest absolute Gasteiger partial charge is 0.352 e. The van der Waals surface area contributed by atoms with Gasteiger partial charge in [0.1, 0.15) is 6.04 Å². The molecule has 0 aromatic heterocycles. The average Bonchev–Trinajstić information content (AvgIpc) is 3.37. The molecular formula is C24H26ClN3O2. The highest BCUT2D eigenvalue weighted by molar-refractivity contribution is 6.31. The van der Waals surface area contributed by atoms with E-state index in [1.54, 1.807) is 13.0 Å². The monoisotopic (exact) mass is 423 g/mol. The van der Waals surface area contributed by atoms with Crippen LogP contribution in [0.15, 0.2) is 55.1 Å². The molecule has 2 aliphatic heterocycles. The summed E-state index contributed by atoms with van der Waals surface area (Å²) in [7, 11) is 0. The van der Waals surface area contributed by atoms with Crippen LogP contribution in [0, 0.1) is 0 Å². The zero-order valence-electron chi connectivity index (χ0n) is 17.1. The zero-order valence-corrected chi connectivity index (χ0v) is 17.9. The van der Waals surface area contributed by atoms with Crippen molar-refractivity contribution < 1.29 is 9.59 Å². The molecule has 156 valence electrons. The molecule has 1 N–H and O–H groups in total. The quantitative estimate of drug-likeness (QED) is 0.760. The highest BCUT2D eigenvalue weighted by atomic mass is 35.5.